The first-order chi connectivity index (χ1) is 21.0. The molecule has 1 amide bonds. The van der Waals surface area contributed by atoms with E-state index in [0.29, 0.717) is 11.3 Å². The fourth-order valence-corrected chi connectivity index (χ4v) is 9.40. The van der Waals surface area contributed by atoms with Crippen LogP contribution >= 0.6 is 20.2 Å². The van der Waals surface area contributed by atoms with Crippen LogP contribution < -0.4 is 15.4 Å². The van der Waals surface area contributed by atoms with Crippen molar-refractivity contribution in [1.29, 1.82) is 0 Å². The molecule has 1 unspecified atom stereocenters. The first-order valence-corrected chi connectivity index (χ1v) is 18.5. The number of nitrogens with two attached hydrogens (primary N) is 1. The molecule has 2 aromatic carbocycles. The molecule has 2 aromatic rings. The van der Waals surface area contributed by atoms with Gasteiger partial charge in [0.05, 0.1) is 0 Å². The maximum atomic E-state index is 14.2. The summed E-state index contributed by atoms with van der Waals surface area (Å²) in [5.41, 5.74) is 6.06. The number of allylic oxidation sites excluding steroid dienone is 1. The van der Waals surface area contributed by atoms with Gasteiger partial charge in [-0.25, -0.2) is 0 Å². The number of aryl methyl sites for hydroxylation is 1. The number of phenolic OH excluding ortho intramolecular Hbond substituents is 1. The third-order valence-electron chi connectivity index (χ3n) is 8.04. The Morgan fingerprint density at radius 2 is 1.69 bits per heavy atom. The van der Waals surface area contributed by atoms with Gasteiger partial charge in [-0.2, -0.15) is 0 Å². The molecule has 7 N–H and O–H groups in total. The molecule has 1 aliphatic carbocycles. The number of rotatable bonds is 7. The van der Waals surface area contributed by atoms with E-state index < -0.39 is 78.5 Å². The number of nitrogens with one attached hydrogen (secondary N) is 1. The molecule has 1 heterocycles. The van der Waals surface area contributed by atoms with Crippen molar-refractivity contribution in [1.82, 2.24) is 9.62 Å². The quantitative estimate of drug-likeness (QED) is 0.137. The van der Waals surface area contributed by atoms with Crippen molar-refractivity contribution in [2.75, 3.05) is 33.1 Å². The molecule has 1 aliphatic heterocycles. The topological polar surface area (TPSA) is 211 Å². The van der Waals surface area contributed by atoms with Gasteiger partial charge in [-0.15, -0.1) is 0 Å². The standard InChI is InChI=1S/C30H37IN4O9S/c1-15-6-9-18(10-7-15)45(43,44)33-14-17-13-21(35(4)5)19-12-16-8-11-20(34(2)3)26(37)24(30(32)41)29(40)31(42)28(39)22(16)27(38)23(19)25(17)36/h6-7,9-10,13,16,20,33,36-37,39,42H,8,11-12,14H2,1-5H3,(H2,32,41)/b26-24-,28-22-/t16-,20?/m1/s1. The van der Waals surface area contributed by atoms with Crippen molar-refractivity contribution in [2.24, 2.45) is 11.7 Å². The normalized spacial score (nSPS) is 23.5. The second kappa shape index (κ2) is 13.1. The minimum absolute atomic E-state index is 0.0181. The Balaban J connectivity index is 1.85. The maximum absolute atomic E-state index is 14.2. The molecule has 0 bridgehead atoms. The number of primary amides is 1. The number of nitrogens with zero attached hydrogens (tertiary/aromatic N) is 2. The van der Waals surface area contributed by atoms with Gasteiger partial charge in [0.1, 0.15) is 0 Å². The molecule has 0 saturated heterocycles. The first kappa shape index (κ1) is 34.4. The Bertz CT molecular complexity index is 1730. The molecule has 0 fully saturated rings. The van der Waals surface area contributed by atoms with Gasteiger partial charge in [-0.3, -0.25) is 0 Å². The summed E-state index contributed by atoms with van der Waals surface area (Å²) in [5, 5.41) is 33.5. The number of hydrogen-bond acceptors (Lipinski definition) is 11. The number of aromatic hydroxyl groups is 1. The predicted molar refractivity (Wildman–Crippen MR) is 176 cm³/mol. The minimum atomic E-state index is -4.37. The SMILES string of the molecule is Cc1ccc(S(=O)(=O)NCc2cc(N(C)C)c3c(c2O)C(=O)/C2=C(\O)I(O)C(=O)/C(C(N)=O)=C(/O)C(N(C)C)CC[C@@H]2C3)cc1. The van der Waals surface area contributed by atoms with Gasteiger partial charge in [0.25, 0.3) is 0 Å². The van der Waals surface area contributed by atoms with E-state index in [1.807, 2.05) is 6.92 Å². The zero-order chi connectivity index (χ0) is 33.5. The number of hydrogen-bond donors (Lipinski definition) is 6. The molecule has 15 heteroatoms. The van der Waals surface area contributed by atoms with Crippen LogP contribution in [0, 0.1) is 12.8 Å². The van der Waals surface area contributed by atoms with E-state index in [4.69, 9.17) is 5.73 Å². The summed E-state index contributed by atoms with van der Waals surface area (Å²) in [6.07, 6.45) is 0.449. The average Bonchev–Trinajstić information content (AvgIpc) is 2.95. The Morgan fingerprint density at radius 1 is 1.07 bits per heavy atom. The fraction of sp³-hybridized carbons (Fsp3) is 0.367. The Kier molecular flexibility index (Phi) is 9.99. The molecular formula is C30H37IN4O9S. The molecule has 0 aromatic heterocycles. The molecule has 13 nitrogen and oxygen atoms in total. The number of amides is 1. The van der Waals surface area contributed by atoms with Crippen molar-refractivity contribution in [2.45, 2.75) is 43.7 Å². The summed E-state index contributed by atoms with van der Waals surface area (Å²) in [7, 11) is 2.70. The number of likely N-dealkylation sites (N-methyl/N-ethyl adjacent to an activating group) is 1. The van der Waals surface area contributed by atoms with Gasteiger partial charge < -0.3 is 0 Å². The number of ketones is 1. The van der Waals surface area contributed by atoms with Crippen LogP contribution in [-0.2, 0) is 32.6 Å². The van der Waals surface area contributed by atoms with E-state index in [1.54, 1.807) is 56.2 Å². The second-order valence-electron chi connectivity index (χ2n) is 11.4. The van der Waals surface area contributed by atoms with E-state index in [-0.39, 0.29) is 47.4 Å². The third-order valence-corrected chi connectivity index (χ3v) is 12.5. The number of phenols is 1. The number of halogens is 1. The van der Waals surface area contributed by atoms with Crippen LogP contribution in [0.2, 0.25) is 0 Å². The average molecular weight is 757 g/mol. The Labute approximate surface area is 269 Å². The molecular weight excluding hydrogens is 719 g/mol. The van der Waals surface area contributed by atoms with E-state index in [0.717, 1.165) is 5.56 Å². The number of carbonyl (C=O) groups is 3. The Hall–Kier alpha value is -3.51. The summed E-state index contributed by atoms with van der Waals surface area (Å²) >= 11 is -4.37. The van der Waals surface area contributed by atoms with Crippen LogP contribution in [-0.4, -0.2) is 81.8 Å². The molecule has 2 atom stereocenters. The van der Waals surface area contributed by atoms with Crippen LogP contribution in [0.1, 0.15) is 39.9 Å². The molecule has 45 heavy (non-hydrogen) atoms. The zero-order valence-electron chi connectivity index (χ0n) is 25.5. The molecule has 0 saturated carbocycles. The van der Waals surface area contributed by atoms with E-state index in [2.05, 4.69) is 4.72 Å². The monoisotopic (exact) mass is 756 g/mol. The summed E-state index contributed by atoms with van der Waals surface area (Å²) in [4.78, 5) is 43.0. The predicted octanol–water partition coefficient (Wildman–Crippen LogP) is 2.33. The Morgan fingerprint density at radius 3 is 2.24 bits per heavy atom. The first-order valence-electron chi connectivity index (χ1n) is 13.9. The summed E-state index contributed by atoms with van der Waals surface area (Å²) in [5.74, 6) is -3.95. The van der Waals surface area contributed by atoms with Crippen LogP contribution in [0.3, 0.4) is 0 Å². The van der Waals surface area contributed by atoms with Crippen molar-refractivity contribution < 1.29 is 41.6 Å². The van der Waals surface area contributed by atoms with Gasteiger partial charge >= 0.3 is 258 Å². The van der Waals surface area contributed by atoms with Crippen LogP contribution in [0.4, 0.5) is 5.69 Å². The van der Waals surface area contributed by atoms with E-state index in [1.165, 1.54) is 12.1 Å². The number of benzene rings is 2. The number of anilines is 1. The number of aliphatic hydroxyl groups is 2. The van der Waals surface area contributed by atoms with Gasteiger partial charge in [0, 0.05) is 0 Å². The summed E-state index contributed by atoms with van der Waals surface area (Å²) in [6.45, 7) is 1.45. The number of aliphatic hydroxyl groups excluding tert-OH is 2. The van der Waals surface area contributed by atoms with Crippen molar-refractivity contribution in [3.8, 4) is 5.75 Å². The van der Waals surface area contributed by atoms with Crippen molar-refractivity contribution >= 4 is 51.4 Å². The number of carbonyl (C=O) groups excluding carboxylic acids is 3. The van der Waals surface area contributed by atoms with Crippen molar-refractivity contribution in [3.05, 3.63) is 73.3 Å². The van der Waals surface area contributed by atoms with Crippen molar-refractivity contribution in [3.63, 3.8) is 0 Å². The summed E-state index contributed by atoms with van der Waals surface area (Å²) < 4.78 is 37.4. The number of sulfonamides is 1. The van der Waals surface area contributed by atoms with Gasteiger partial charge in [-0.1, -0.05) is 5.56 Å². The molecule has 4 rings (SSSR count). The third kappa shape index (κ3) is 6.58. The van der Waals surface area contributed by atoms with Gasteiger partial charge in [0.2, 0.25) is 0 Å². The number of fused-ring (bicyclic) bond motifs is 2. The van der Waals surface area contributed by atoms with Crippen LogP contribution in [0.25, 0.3) is 0 Å². The van der Waals surface area contributed by atoms with Gasteiger partial charge in [-0.05, 0) is 6.92 Å². The van der Waals surface area contributed by atoms with E-state index >= 15 is 0 Å². The fourth-order valence-electron chi connectivity index (χ4n) is 5.64. The summed E-state index contributed by atoms with van der Waals surface area (Å²) in [6, 6.07) is 6.92. The van der Waals surface area contributed by atoms with E-state index in [9.17, 15) is 41.6 Å². The van der Waals surface area contributed by atoms with Crippen LogP contribution in [0.5, 0.6) is 5.75 Å². The van der Waals surface area contributed by atoms with Gasteiger partial charge in [0.15, 0.2) is 0 Å². The van der Waals surface area contributed by atoms with Crippen LogP contribution in [0.15, 0.2) is 55.9 Å². The molecule has 0 radical (unpaired) electrons. The zero-order valence-corrected chi connectivity index (χ0v) is 28.4. The molecule has 2 aliphatic rings. The second-order valence-corrected chi connectivity index (χ2v) is 16.7. The molecule has 0 spiro atoms. The molecule has 244 valence electrons. The number of Topliss-reactive ketones (excluding diaryl/α,β-unsaturated/α-hetero) is 1.